The highest BCUT2D eigenvalue weighted by Gasteiger charge is 2.15. The summed E-state index contributed by atoms with van der Waals surface area (Å²) in [6.07, 6.45) is 37.1. The molecule has 0 rings (SSSR count). The van der Waals surface area contributed by atoms with E-state index < -0.39 is 0 Å². The van der Waals surface area contributed by atoms with Crippen LogP contribution in [0.4, 0.5) is 0 Å². The maximum Gasteiger partial charge on any atom is 0.231 e. The van der Waals surface area contributed by atoms with E-state index in [9.17, 15) is 4.79 Å². The Labute approximate surface area is 236 Å². The summed E-state index contributed by atoms with van der Waals surface area (Å²) >= 11 is 2.13. The molecule has 35 heavy (non-hydrogen) atoms. The second kappa shape index (κ2) is 28.8. The maximum absolute atomic E-state index is 12.3. The van der Waals surface area contributed by atoms with Crippen molar-refractivity contribution in [1.82, 2.24) is 3.11 Å². The van der Waals surface area contributed by atoms with Gasteiger partial charge in [0.05, 0.1) is 22.9 Å². The second-order valence-corrected chi connectivity index (χ2v) is 12.7. The average Bonchev–Trinajstić information content (AvgIpc) is 2.84. The van der Waals surface area contributed by atoms with E-state index >= 15 is 0 Å². The number of amides is 1. The highest BCUT2D eigenvalue weighted by atomic mass is 127. The van der Waals surface area contributed by atoms with Crippen molar-refractivity contribution in [3.63, 3.8) is 0 Å². The molecule has 0 N–H and O–H groups in total. The van der Waals surface area contributed by atoms with E-state index in [0.29, 0.717) is 11.8 Å². The van der Waals surface area contributed by atoms with Crippen LogP contribution in [-0.4, -0.2) is 16.1 Å². The van der Waals surface area contributed by atoms with Crippen LogP contribution in [0.3, 0.4) is 0 Å². The lowest BCUT2D eigenvalue weighted by molar-refractivity contribution is -0.125. The summed E-state index contributed by atoms with van der Waals surface area (Å²) in [6.45, 7) is 4.58. The van der Waals surface area contributed by atoms with E-state index in [-0.39, 0.29) is 0 Å². The lowest BCUT2D eigenvalue weighted by atomic mass is 9.91. The Morgan fingerprint density at radius 3 is 1.03 bits per heavy atom. The third-order valence-corrected chi connectivity index (χ3v) is 8.28. The summed E-state index contributed by atoms with van der Waals surface area (Å²) in [5.41, 5.74) is 0. The monoisotopic (exact) mass is 605 g/mol. The summed E-state index contributed by atoms with van der Waals surface area (Å²) < 4.78 is 1.75. The van der Waals surface area contributed by atoms with Crippen molar-refractivity contribution in [3.05, 3.63) is 0 Å². The van der Waals surface area contributed by atoms with E-state index in [2.05, 4.69) is 36.7 Å². The molecule has 0 radical (unpaired) electrons. The van der Waals surface area contributed by atoms with Crippen LogP contribution in [0.5, 0.6) is 0 Å². The minimum absolute atomic E-state index is 0.311. The highest BCUT2D eigenvalue weighted by molar-refractivity contribution is 14.1. The molecule has 1 amide bonds. The lowest BCUT2D eigenvalue weighted by Crippen LogP contribution is -2.19. The van der Waals surface area contributed by atoms with Crippen molar-refractivity contribution < 1.29 is 4.79 Å². The van der Waals surface area contributed by atoms with Gasteiger partial charge in [-0.2, -0.15) is 0 Å². The summed E-state index contributed by atoms with van der Waals surface area (Å²) in [7, 11) is 1.89. The molecule has 210 valence electrons. The van der Waals surface area contributed by atoms with Gasteiger partial charge in [0.15, 0.2) is 0 Å². The van der Waals surface area contributed by atoms with Crippen LogP contribution in [0, 0.1) is 5.92 Å². The van der Waals surface area contributed by atoms with Crippen molar-refractivity contribution in [1.29, 1.82) is 0 Å². The topological polar surface area (TPSA) is 20.3 Å². The van der Waals surface area contributed by atoms with Gasteiger partial charge in [-0.15, -0.1) is 0 Å². The smallest absolute Gasteiger partial charge is 0.231 e. The number of unbranched alkanes of at least 4 members (excludes halogenated alkanes) is 22. The molecule has 0 aromatic heterocycles. The summed E-state index contributed by atoms with van der Waals surface area (Å²) in [4.78, 5) is 12.3. The number of rotatable bonds is 28. The van der Waals surface area contributed by atoms with Gasteiger partial charge < -0.3 is 0 Å². The predicted octanol–water partition coefficient (Wildman–Crippen LogP) is 12.0. The van der Waals surface area contributed by atoms with Crippen molar-refractivity contribution in [2.24, 2.45) is 5.92 Å². The van der Waals surface area contributed by atoms with Gasteiger partial charge in [-0.3, -0.25) is 7.91 Å². The SMILES string of the molecule is CCCCCCCCCCCCCCCCCCCC(CCCCCCCCC)CC(=O)N(C)I. The molecule has 0 aromatic carbocycles. The van der Waals surface area contributed by atoms with Crippen molar-refractivity contribution in [2.75, 3.05) is 7.05 Å². The molecule has 2 nitrogen and oxygen atoms in total. The molecule has 0 aliphatic carbocycles. The Hall–Kier alpha value is 0.200. The molecule has 0 aromatic rings. The zero-order valence-corrected chi connectivity index (χ0v) is 26.6. The van der Waals surface area contributed by atoms with Gasteiger partial charge in [0.2, 0.25) is 5.91 Å². The van der Waals surface area contributed by atoms with E-state index in [4.69, 9.17) is 0 Å². The molecule has 0 fully saturated rings. The number of carbonyl (C=O) groups is 1. The van der Waals surface area contributed by atoms with Gasteiger partial charge in [0.1, 0.15) is 0 Å². The van der Waals surface area contributed by atoms with Gasteiger partial charge >= 0.3 is 0 Å². The zero-order valence-electron chi connectivity index (χ0n) is 24.4. The fourth-order valence-electron chi connectivity index (χ4n) is 5.27. The first kappa shape index (κ1) is 35.2. The Morgan fingerprint density at radius 2 is 0.771 bits per heavy atom. The van der Waals surface area contributed by atoms with Crippen LogP contribution >= 0.6 is 22.9 Å². The molecular weight excluding hydrogens is 541 g/mol. The molecule has 0 aliphatic heterocycles. The quantitative estimate of drug-likeness (QED) is 0.0493. The van der Waals surface area contributed by atoms with Gasteiger partial charge in [0, 0.05) is 13.5 Å². The minimum Gasteiger partial charge on any atom is -0.288 e. The van der Waals surface area contributed by atoms with Crippen LogP contribution in [0.25, 0.3) is 0 Å². The second-order valence-electron chi connectivity index (χ2n) is 11.3. The Bertz CT molecular complexity index is 426. The fraction of sp³-hybridized carbons (Fsp3) is 0.969. The number of halogens is 1. The summed E-state index contributed by atoms with van der Waals surface area (Å²) in [5.74, 6) is 0.914. The van der Waals surface area contributed by atoms with Crippen molar-refractivity contribution >= 4 is 28.8 Å². The van der Waals surface area contributed by atoms with Gasteiger partial charge in [-0.1, -0.05) is 168 Å². The standard InChI is InChI=1S/C32H64INO/c1-4-6-8-10-12-13-14-15-16-17-18-19-20-21-23-25-27-29-31(30-32(35)34(3)33)28-26-24-22-11-9-7-5-2/h31H,4-30H2,1-3H3. The number of carbonyl (C=O) groups excluding carboxylic acids is 1. The third-order valence-electron chi connectivity index (χ3n) is 7.74. The summed E-state index contributed by atoms with van der Waals surface area (Å²) in [5, 5.41) is 0. The lowest BCUT2D eigenvalue weighted by Gasteiger charge is -2.18. The van der Waals surface area contributed by atoms with Crippen LogP contribution in [0.2, 0.25) is 0 Å². The number of hydrogen-bond acceptors (Lipinski definition) is 1. The van der Waals surface area contributed by atoms with Crippen molar-refractivity contribution in [3.8, 4) is 0 Å². The number of nitrogens with zero attached hydrogens (tertiary/aromatic N) is 1. The largest absolute Gasteiger partial charge is 0.288 e. The zero-order chi connectivity index (χ0) is 25.8. The molecule has 0 saturated carbocycles. The van der Waals surface area contributed by atoms with E-state index in [1.807, 2.05) is 7.05 Å². The first-order valence-electron chi connectivity index (χ1n) is 16.0. The first-order chi connectivity index (χ1) is 17.1. The number of hydrogen-bond donors (Lipinski definition) is 0. The van der Waals surface area contributed by atoms with Crippen molar-refractivity contribution in [2.45, 2.75) is 187 Å². The average molecular weight is 606 g/mol. The van der Waals surface area contributed by atoms with Crippen LogP contribution < -0.4 is 0 Å². The van der Waals surface area contributed by atoms with Gasteiger partial charge in [-0.25, -0.2) is 0 Å². The molecule has 0 saturated heterocycles. The van der Waals surface area contributed by atoms with Gasteiger partial charge in [0.25, 0.3) is 0 Å². The molecule has 0 aliphatic rings. The Balaban J connectivity index is 3.62. The molecule has 1 unspecified atom stereocenters. The third kappa shape index (κ3) is 27.1. The maximum atomic E-state index is 12.3. The van der Waals surface area contributed by atoms with Gasteiger partial charge in [-0.05, 0) is 18.8 Å². The normalized spacial score (nSPS) is 12.2. The first-order valence-corrected chi connectivity index (χ1v) is 17.0. The molecule has 0 spiro atoms. The molecule has 0 bridgehead atoms. The van der Waals surface area contributed by atoms with Crippen LogP contribution in [0.1, 0.15) is 187 Å². The summed E-state index contributed by atoms with van der Waals surface area (Å²) in [6, 6.07) is 0. The fourth-order valence-corrected chi connectivity index (χ4v) is 5.47. The minimum atomic E-state index is 0.311. The molecule has 0 heterocycles. The van der Waals surface area contributed by atoms with E-state index in [0.717, 1.165) is 6.42 Å². The Kier molecular flexibility index (Phi) is 28.9. The van der Waals surface area contributed by atoms with E-state index in [1.54, 1.807) is 3.11 Å². The highest BCUT2D eigenvalue weighted by Crippen LogP contribution is 2.23. The van der Waals surface area contributed by atoms with Crippen LogP contribution in [0.15, 0.2) is 0 Å². The molecular formula is C32H64INO. The molecule has 3 heteroatoms. The van der Waals surface area contributed by atoms with Crippen LogP contribution in [-0.2, 0) is 4.79 Å². The molecule has 1 atom stereocenters. The predicted molar refractivity (Wildman–Crippen MR) is 166 cm³/mol. The van der Waals surface area contributed by atoms with E-state index in [1.165, 1.54) is 167 Å². The Morgan fingerprint density at radius 1 is 0.514 bits per heavy atom.